The van der Waals surface area contributed by atoms with Gasteiger partial charge in [-0.25, -0.2) is 4.98 Å². The van der Waals surface area contributed by atoms with Crippen LogP contribution in [0.1, 0.15) is 15.9 Å². The molecule has 4 aromatic rings. The molecule has 0 unspecified atom stereocenters. The summed E-state index contributed by atoms with van der Waals surface area (Å²) in [5.74, 6) is 1.49. The highest BCUT2D eigenvalue weighted by molar-refractivity contribution is 5.94. The molecular formula is C25H24N4O3. The van der Waals surface area contributed by atoms with Gasteiger partial charge < -0.3 is 25.1 Å². The largest absolute Gasteiger partial charge is 0.492 e. The summed E-state index contributed by atoms with van der Waals surface area (Å²) in [5.41, 5.74) is 11.2. The zero-order valence-corrected chi connectivity index (χ0v) is 17.6. The number of carbonyl (C=O) groups is 1. The molecule has 0 saturated heterocycles. The van der Waals surface area contributed by atoms with Gasteiger partial charge in [0.05, 0.1) is 23.9 Å². The van der Waals surface area contributed by atoms with E-state index in [2.05, 4.69) is 28.2 Å². The molecule has 2 heterocycles. The first kappa shape index (κ1) is 20.1. The van der Waals surface area contributed by atoms with Gasteiger partial charge in [-0.15, -0.1) is 0 Å². The second-order valence-corrected chi connectivity index (χ2v) is 7.69. The first-order chi connectivity index (χ1) is 15.7. The third kappa shape index (κ3) is 4.02. The predicted molar refractivity (Wildman–Crippen MR) is 123 cm³/mol. The maximum Gasteiger partial charge on any atom is 0.254 e. The summed E-state index contributed by atoms with van der Waals surface area (Å²) in [6.07, 6.45) is 1.69. The van der Waals surface area contributed by atoms with E-state index in [1.54, 1.807) is 30.6 Å². The Kier molecular flexibility index (Phi) is 5.47. The zero-order valence-electron chi connectivity index (χ0n) is 17.6. The average molecular weight is 428 g/mol. The molecule has 0 radical (unpaired) electrons. The van der Waals surface area contributed by atoms with Gasteiger partial charge in [-0.05, 0) is 59.7 Å². The first-order valence-electron chi connectivity index (χ1n) is 10.6. The molecule has 0 fully saturated rings. The Morgan fingerprint density at radius 3 is 2.75 bits per heavy atom. The molecule has 162 valence electrons. The molecular weight excluding hydrogens is 404 g/mol. The number of fused-ring (bicyclic) bond motifs is 2. The van der Waals surface area contributed by atoms with E-state index in [1.165, 1.54) is 0 Å². The summed E-state index contributed by atoms with van der Waals surface area (Å²) in [4.78, 5) is 22.4. The molecule has 0 spiro atoms. The van der Waals surface area contributed by atoms with Crippen LogP contribution in [0.25, 0.3) is 22.2 Å². The molecule has 7 nitrogen and oxygen atoms in total. The van der Waals surface area contributed by atoms with Crippen LogP contribution >= 0.6 is 0 Å². The maximum atomic E-state index is 13.2. The third-order valence-electron chi connectivity index (χ3n) is 5.57. The van der Waals surface area contributed by atoms with Crippen LogP contribution in [-0.2, 0) is 6.54 Å². The van der Waals surface area contributed by atoms with Crippen molar-refractivity contribution in [3.8, 4) is 22.6 Å². The standard InChI is InChI=1S/C25H24N4O3/c26-9-11-31-21-5-1-17(2-6-21)25(30)29-10-12-32-24-8-4-18(13-20(24)15-29)19-3-7-22-23(14-19)28-16-27-22/h1-8,13-14,16H,9-12,15,26H2,(H,27,28). The molecule has 5 rings (SSSR count). The average Bonchev–Trinajstić information content (AvgIpc) is 3.20. The number of rotatable bonds is 5. The van der Waals surface area contributed by atoms with E-state index in [0.717, 1.165) is 33.5 Å². The lowest BCUT2D eigenvalue weighted by atomic mass is 10.0. The van der Waals surface area contributed by atoms with E-state index in [1.807, 2.05) is 23.1 Å². The number of aromatic amines is 1. The zero-order chi connectivity index (χ0) is 21.9. The number of nitrogens with one attached hydrogen (secondary N) is 1. The van der Waals surface area contributed by atoms with Crippen LogP contribution in [0.5, 0.6) is 11.5 Å². The third-order valence-corrected chi connectivity index (χ3v) is 5.57. The van der Waals surface area contributed by atoms with E-state index in [-0.39, 0.29) is 5.91 Å². The van der Waals surface area contributed by atoms with Crippen molar-refractivity contribution in [2.24, 2.45) is 5.73 Å². The number of nitrogens with zero attached hydrogens (tertiary/aromatic N) is 2. The summed E-state index contributed by atoms with van der Waals surface area (Å²) in [6.45, 7) is 2.36. The molecule has 0 aliphatic carbocycles. The van der Waals surface area contributed by atoms with Crippen LogP contribution in [0.3, 0.4) is 0 Å². The van der Waals surface area contributed by atoms with Crippen molar-refractivity contribution in [3.63, 3.8) is 0 Å². The van der Waals surface area contributed by atoms with Crippen molar-refractivity contribution in [2.45, 2.75) is 6.54 Å². The number of amides is 1. The topological polar surface area (TPSA) is 93.5 Å². The van der Waals surface area contributed by atoms with Crippen LogP contribution in [-0.4, -0.2) is 47.1 Å². The first-order valence-corrected chi connectivity index (χ1v) is 10.6. The van der Waals surface area contributed by atoms with Crippen molar-refractivity contribution in [2.75, 3.05) is 26.3 Å². The van der Waals surface area contributed by atoms with Crippen molar-refractivity contribution in [1.82, 2.24) is 14.9 Å². The number of hydrogen-bond acceptors (Lipinski definition) is 5. The van der Waals surface area contributed by atoms with Crippen molar-refractivity contribution >= 4 is 16.9 Å². The smallest absolute Gasteiger partial charge is 0.254 e. The number of hydrogen-bond donors (Lipinski definition) is 2. The highest BCUT2D eigenvalue weighted by Gasteiger charge is 2.21. The predicted octanol–water partition coefficient (Wildman–Crippen LogP) is 3.60. The Balaban J connectivity index is 1.38. The molecule has 1 aromatic heterocycles. The highest BCUT2D eigenvalue weighted by atomic mass is 16.5. The fraction of sp³-hybridized carbons (Fsp3) is 0.200. The number of imidazole rings is 1. The second-order valence-electron chi connectivity index (χ2n) is 7.69. The van der Waals surface area contributed by atoms with Gasteiger partial charge in [0.1, 0.15) is 24.7 Å². The summed E-state index contributed by atoms with van der Waals surface area (Å²) in [7, 11) is 0. The molecule has 1 aliphatic heterocycles. The normalized spacial score (nSPS) is 13.3. The maximum absolute atomic E-state index is 13.2. The van der Waals surface area contributed by atoms with Crippen molar-refractivity contribution in [1.29, 1.82) is 0 Å². The Hall–Kier alpha value is -3.84. The van der Waals surface area contributed by atoms with Gasteiger partial charge in [0.2, 0.25) is 0 Å². The molecule has 7 heteroatoms. The van der Waals surface area contributed by atoms with Gasteiger partial charge in [0.15, 0.2) is 0 Å². The fourth-order valence-corrected chi connectivity index (χ4v) is 3.92. The minimum absolute atomic E-state index is 0.0314. The summed E-state index contributed by atoms with van der Waals surface area (Å²) < 4.78 is 11.4. The number of aromatic nitrogens is 2. The van der Waals surface area contributed by atoms with E-state index >= 15 is 0 Å². The number of benzene rings is 3. The van der Waals surface area contributed by atoms with Crippen molar-refractivity contribution < 1.29 is 14.3 Å². The molecule has 3 N–H and O–H groups in total. The molecule has 1 amide bonds. The number of ether oxygens (including phenoxy) is 2. The minimum atomic E-state index is -0.0314. The fourth-order valence-electron chi connectivity index (χ4n) is 3.92. The van der Waals surface area contributed by atoms with E-state index in [9.17, 15) is 4.79 Å². The highest BCUT2D eigenvalue weighted by Crippen LogP contribution is 2.31. The molecule has 0 bridgehead atoms. The van der Waals surface area contributed by atoms with Crippen molar-refractivity contribution in [3.05, 3.63) is 78.1 Å². The van der Waals surface area contributed by atoms with Crippen LogP contribution < -0.4 is 15.2 Å². The van der Waals surface area contributed by atoms with Gasteiger partial charge in [-0.2, -0.15) is 0 Å². The van der Waals surface area contributed by atoms with E-state index in [4.69, 9.17) is 15.2 Å². The minimum Gasteiger partial charge on any atom is -0.492 e. The van der Waals surface area contributed by atoms with Gasteiger partial charge in [0, 0.05) is 24.2 Å². The van der Waals surface area contributed by atoms with Crippen LogP contribution in [0.4, 0.5) is 0 Å². The molecule has 1 aliphatic rings. The van der Waals surface area contributed by atoms with Crippen LogP contribution in [0.2, 0.25) is 0 Å². The van der Waals surface area contributed by atoms with Crippen LogP contribution in [0.15, 0.2) is 67.0 Å². The van der Waals surface area contributed by atoms with Gasteiger partial charge in [-0.1, -0.05) is 12.1 Å². The quantitative estimate of drug-likeness (QED) is 0.507. The second kappa shape index (κ2) is 8.72. The molecule has 3 aromatic carbocycles. The lowest BCUT2D eigenvalue weighted by Gasteiger charge is -2.20. The number of nitrogens with two attached hydrogens (primary N) is 1. The van der Waals surface area contributed by atoms with Gasteiger partial charge in [-0.3, -0.25) is 4.79 Å². The lowest BCUT2D eigenvalue weighted by Crippen LogP contribution is -2.32. The Bertz CT molecular complexity index is 1250. The monoisotopic (exact) mass is 428 g/mol. The van der Waals surface area contributed by atoms with Gasteiger partial charge in [0.25, 0.3) is 5.91 Å². The summed E-state index contributed by atoms with van der Waals surface area (Å²) in [6, 6.07) is 19.4. The Morgan fingerprint density at radius 1 is 1.09 bits per heavy atom. The van der Waals surface area contributed by atoms with Gasteiger partial charge >= 0.3 is 0 Å². The Labute approximate surface area is 185 Å². The van der Waals surface area contributed by atoms with Crippen LogP contribution in [0, 0.1) is 0 Å². The number of carbonyl (C=O) groups excluding carboxylic acids is 1. The molecule has 0 atom stereocenters. The summed E-state index contributed by atoms with van der Waals surface area (Å²) in [5, 5.41) is 0. The number of H-pyrrole nitrogens is 1. The SMILES string of the molecule is NCCOc1ccc(C(=O)N2CCOc3ccc(-c4ccc5nc[nH]c5c4)cc3C2)cc1. The van der Waals surface area contributed by atoms with E-state index < -0.39 is 0 Å². The summed E-state index contributed by atoms with van der Waals surface area (Å²) >= 11 is 0. The molecule has 32 heavy (non-hydrogen) atoms. The Morgan fingerprint density at radius 2 is 1.91 bits per heavy atom. The lowest BCUT2D eigenvalue weighted by molar-refractivity contribution is 0.0733. The van der Waals surface area contributed by atoms with E-state index in [0.29, 0.717) is 44.2 Å². The molecule has 0 saturated carbocycles.